The number of rotatable bonds is 8. The van der Waals surface area contributed by atoms with Crippen LogP contribution in [-0.2, 0) is 24.3 Å². The normalized spacial score (nSPS) is 11.1. The van der Waals surface area contributed by atoms with Crippen molar-refractivity contribution in [2.45, 2.75) is 19.3 Å². The van der Waals surface area contributed by atoms with Crippen LogP contribution < -0.4 is 4.72 Å². The van der Waals surface area contributed by atoms with Gasteiger partial charge < -0.3 is 9.84 Å². The first-order valence-corrected chi connectivity index (χ1v) is 6.28. The van der Waals surface area contributed by atoms with E-state index in [9.17, 15) is 18.0 Å². The SMILES string of the molecule is COC(=O)CCNS(=O)(=O)CCCC(=O)O. The highest BCUT2D eigenvalue weighted by atomic mass is 32.2. The van der Waals surface area contributed by atoms with E-state index in [4.69, 9.17) is 5.11 Å². The number of methoxy groups -OCH3 is 1. The van der Waals surface area contributed by atoms with Crippen molar-refractivity contribution in [3.63, 3.8) is 0 Å². The lowest BCUT2D eigenvalue weighted by atomic mass is 10.3. The zero-order valence-electron chi connectivity index (χ0n) is 8.93. The highest BCUT2D eigenvalue weighted by Crippen LogP contribution is 1.95. The highest BCUT2D eigenvalue weighted by molar-refractivity contribution is 7.89. The standard InChI is InChI=1S/C8H15NO6S/c1-15-8(12)4-5-9-16(13,14)6-2-3-7(10)11/h9H,2-6H2,1H3,(H,10,11). The molecule has 0 aliphatic carbocycles. The predicted molar refractivity (Wildman–Crippen MR) is 55.3 cm³/mol. The Hall–Kier alpha value is -1.15. The number of nitrogens with one attached hydrogen (secondary N) is 1. The Balaban J connectivity index is 3.79. The van der Waals surface area contributed by atoms with E-state index in [1.54, 1.807) is 0 Å². The minimum Gasteiger partial charge on any atom is -0.481 e. The number of sulfonamides is 1. The van der Waals surface area contributed by atoms with E-state index in [-0.39, 0.29) is 31.6 Å². The average molecular weight is 253 g/mol. The summed E-state index contributed by atoms with van der Waals surface area (Å²) in [6.07, 6.45) is -0.199. The fourth-order valence-corrected chi connectivity index (χ4v) is 1.98. The van der Waals surface area contributed by atoms with Gasteiger partial charge >= 0.3 is 11.9 Å². The fourth-order valence-electron chi connectivity index (χ4n) is 0.896. The molecular formula is C8H15NO6S. The van der Waals surface area contributed by atoms with E-state index < -0.39 is 22.0 Å². The smallest absolute Gasteiger partial charge is 0.306 e. The third kappa shape index (κ3) is 8.18. The monoisotopic (exact) mass is 253 g/mol. The van der Waals surface area contributed by atoms with Crippen molar-refractivity contribution in [1.29, 1.82) is 0 Å². The van der Waals surface area contributed by atoms with Gasteiger partial charge in [0.2, 0.25) is 10.0 Å². The summed E-state index contributed by atoms with van der Waals surface area (Å²) in [5.74, 6) is -1.81. The molecule has 0 radical (unpaired) electrons. The minimum atomic E-state index is -3.50. The van der Waals surface area contributed by atoms with E-state index in [1.807, 2.05) is 0 Å². The van der Waals surface area contributed by atoms with Crippen molar-refractivity contribution < 1.29 is 27.9 Å². The van der Waals surface area contributed by atoms with Crippen molar-refractivity contribution in [3.05, 3.63) is 0 Å². The van der Waals surface area contributed by atoms with Crippen molar-refractivity contribution in [2.24, 2.45) is 0 Å². The van der Waals surface area contributed by atoms with Gasteiger partial charge in [-0.05, 0) is 6.42 Å². The van der Waals surface area contributed by atoms with Gasteiger partial charge in [-0.25, -0.2) is 13.1 Å². The summed E-state index contributed by atoms with van der Waals surface area (Å²) in [7, 11) is -2.29. The van der Waals surface area contributed by atoms with Gasteiger partial charge in [0, 0.05) is 13.0 Å². The van der Waals surface area contributed by atoms with E-state index >= 15 is 0 Å². The van der Waals surface area contributed by atoms with Gasteiger partial charge in [-0.2, -0.15) is 0 Å². The molecule has 0 saturated carbocycles. The van der Waals surface area contributed by atoms with E-state index in [2.05, 4.69) is 9.46 Å². The molecule has 8 heteroatoms. The highest BCUT2D eigenvalue weighted by Gasteiger charge is 2.11. The number of esters is 1. The Morgan fingerprint density at radius 2 is 1.94 bits per heavy atom. The number of carboxylic acid groups (broad SMARTS) is 1. The van der Waals surface area contributed by atoms with Crippen molar-refractivity contribution in [1.82, 2.24) is 4.72 Å². The van der Waals surface area contributed by atoms with Crippen LogP contribution in [0.3, 0.4) is 0 Å². The van der Waals surface area contributed by atoms with Crippen molar-refractivity contribution in [3.8, 4) is 0 Å². The second-order valence-electron chi connectivity index (χ2n) is 3.04. The molecular weight excluding hydrogens is 238 g/mol. The number of hydrogen-bond donors (Lipinski definition) is 2. The number of hydrogen-bond acceptors (Lipinski definition) is 5. The zero-order valence-corrected chi connectivity index (χ0v) is 9.75. The molecule has 0 fully saturated rings. The van der Waals surface area contributed by atoms with Gasteiger partial charge in [0.15, 0.2) is 0 Å². The molecule has 0 amide bonds. The Morgan fingerprint density at radius 3 is 2.44 bits per heavy atom. The molecule has 0 aliphatic rings. The van der Waals surface area contributed by atoms with Crippen molar-refractivity contribution in [2.75, 3.05) is 19.4 Å². The van der Waals surface area contributed by atoms with Gasteiger partial charge in [0.25, 0.3) is 0 Å². The van der Waals surface area contributed by atoms with Crippen LogP contribution in [0.4, 0.5) is 0 Å². The molecule has 0 aliphatic heterocycles. The van der Waals surface area contributed by atoms with Gasteiger partial charge in [-0.15, -0.1) is 0 Å². The topological polar surface area (TPSA) is 110 Å². The van der Waals surface area contributed by atoms with Crippen LogP contribution in [0.25, 0.3) is 0 Å². The molecule has 0 saturated heterocycles. The first-order valence-electron chi connectivity index (χ1n) is 4.63. The molecule has 0 aromatic heterocycles. The predicted octanol–water partition coefficient (Wildman–Crippen LogP) is -0.666. The fraction of sp³-hybridized carbons (Fsp3) is 0.750. The Labute approximate surface area is 93.8 Å². The molecule has 7 nitrogen and oxygen atoms in total. The molecule has 2 N–H and O–H groups in total. The van der Waals surface area contributed by atoms with Gasteiger partial charge in [0.05, 0.1) is 19.3 Å². The third-order valence-electron chi connectivity index (χ3n) is 1.68. The lowest BCUT2D eigenvalue weighted by Gasteiger charge is -2.04. The first-order chi connectivity index (χ1) is 7.37. The Morgan fingerprint density at radius 1 is 1.31 bits per heavy atom. The van der Waals surface area contributed by atoms with Crippen LogP contribution in [0.2, 0.25) is 0 Å². The van der Waals surface area contributed by atoms with Crippen LogP contribution >= 0.6 is 0 Å². The molecule has 0 rings (SSSR count). The minimum absolute atomic E-state index is 0.0396. The molecule has 0 aromatic rings. The molecule has 0 bridgehead atoms. The van der Waals surface area contributed by atoms with E-state index in [0.29, 0.717) is 0 Å². The Bertz CT molecular complexity index is 336. The van der Waals surface area contributed by atoms with E-state index in [0.717, 1.165) is 0 Å². The summed E-state index contributed by atoms with van der Waals surface area (Å²) < 4.78 is 29.0. The molecule has 0 spiro atoms. The van der Waals surface area contributed by atoms with Crippen LogP contribution in [0.1, 0.15) is 19.3 Å². The van der Waals surface area contributed by atoms with Crippen LogP contribution in [0.5, 0.6) is 0 Å². The van der Waals surface area contributed by atoms with Crippen molar-refractivity contribution >= 4 is 22.0 Å². The van der Waals surface area contributed by atoms with Crippen LogP contribution in [0.15, 0.2) is 0 Å². The van der Waals surface area contributed by atoms with E-state index in [1.165, 1.54) is 7.11 Å². The number of aliphatic carboxylic acids is 1. The molecule has 94 valence electrons. The molecule has 0 aromatic carbocycles. The second-order valence-corrected chi connectivity index (χ2v) is 4.96. The third-order valence-corrected chi connectivity index (χ3v) is 3.15. The first kappa shape index (κ1) is 14.8. The molecule has 0 unspecified atom stereocenters. The molecule has 0 atom stereocenters. The molecule has 0 heterocycles. The summed E-state index contributed by atoms with van der Waals surface area (Å²) in [5.41, 5.74) is 0. The summed E-state index contributed by atoms with van der Waals surface area (Å²) in [6, 6.07) is 0. The summed E-state index contributed by atoms with van der Waals surface area (Å²) in [5, 5.41) is 8.31. The van der Waals surface area contributed by atoms with Crippen LogP contribution in [-0.4, -0.2) is 44.9 Å². The number of carboxylic acids is 1. The van der Waals surface area contributed by atoms with Crippen LogP contribution in [0, 0.1) is 0 Å². The maximum Gasteiger partial charge on any atom is 0.306 e. The Kier molecular flexibility index (Phi) is 6.66. The lowest BCUT2D eigenvalue weighted by Crippen LogP contribution is -2.29. The number of carbonyl (C=O) groups is 2. The second kappa shape index (κ2) is 7.18. The largest absolute Gasteiger partial charge is 0.481 e. The number of carbonyl (C=O) groups excluding carboxylic acids is 1. The van der Waals surface area contributed by atoms with Gasteiger partial charge in [-0.3, -0.25) is 9.59 Å². The van der Waals surface area contributed by atoms with Gasteiger partial charge in [0.1, 0.15) is 0 Å². The summed E-state index contributed by atoms with van der Waals surface area (Å²) >= 11 is 0. The van der Waals surface area contributed by atoms with Gasteiger partial charge in [-0.1, -0.05) is 0 Å². The lowest BCUT2D eigenvalue weighted by molar-refractivity contribution is -0.140. The summed E-state index contributed by atoms with van der Waals surface area (Å²) in [6.45, 7) is -0.0396. The molecule has 16 heavy (non-hydrogen) atoms. The summed E-state index contributed by atoms with van der Waals surface area (Å²) in [4.78, 5) is 20.8. The quantitative estimate of drug-likeness (QED) is 0.555. The maximum atomic E-state index is 11.2. The number of ether oxygens (including phenoxy) is 1. The maximum absolute atomic E-state index is 11.2. The zero-order chi connectivity index (χ0) is 12.6. The average Bonchev–Trinajstić information content (AvgIpc) is 2.16.